The van der Waals surface area contributed by atoms with E-state index in [1.165, 1.54) is 44.2 Å². The Labute approximate surface area is 115 Å². The van der Waals surface area contributed by atoms with Crippen molar-refractivity contribution < 1.29 is 9.31 Å². The number of ether oxygens (including phenoxy) is 1. The Morgan fingerprint density at radius 2 is 1.84 bits per heavy atom. The number of rotatable bonds is 3. The average Bonchev–Trinajstić information content (AvgIpc) is 2.48. The highest BCUT2D eigenvalue weighted by atomic mass is 16.5. The third-order valence-electron chi connectivity index (χ3n) is 4.21. The van der Waals surface area contributed by atoms with E-state index < -0.39 is 0 Å². The molecule has 2 aliphatic rings. The highest BCUT2D eigenvalue weighted by Gasteiger charge is 2.20. The molecule has 0 unspecified atom stereocenters. The zero-order valence-electron chi connectivity index (χ0n) is 11.7. The molecule has 100 valence electrons. The molecular weight excluding hydrogens is 234 g/mol. The first-order chi connectivity index (χ1) is 9.35. The summed E-state index contributed by atoms with van der Waals surface area (Å²) in [7, 11) is 1.71. The Bertz CT molecular complexity index is 511. The fourth-order valence-corrected chi connectivity index (χ4v) is 3.09. The maximum atomic E-state index is 5.20. The van der Waals surface area contributed by atoms with E-state index in [1.54, 1.807) is 18.3 Å². The molecule has 1 aliphatic heterocycles. The Hall–Kier alpha value is -1.57. The second-order valence-electron chi connectivity index (χ2n) is 5.53. The van der Waals surface area contributed by atoms with Crippen molar-refractivity contribution in [2.75, 3.05) is 13.7 Å². The van der Waals surface area contributed by atoms with Gasteiger partial charge in [0.25, 0.3) is 0 Å². The smallest absolute Gasteiger partial charge is 0.168 e. The summed E-state index contributed by atoms with van der Waals surface area (Å²) in [5.41, 5.74) is 4.69. The van der Waals surface area contributed by atoms with Crippen LogP contribution in [-0.4, -0.2) is 24.4 Å². The van der Waals surface area contributed by atoms with Gasteiger partial charge in [-0.15, -0.1) is 0 Å². The lowest BCUT2D eigenvalue weighted by Crippen LogP contribution is -2.22. The van der Waals surface area contributed by atoms with E-state index in [9.17, 15) is 0 Å². The first kappa shape index (κ1) is 12.5. The molecule has 2 nitrogen and oxygen atoms in total. The fraction of sp³-hybridized carbons (Fsp3) is 0.471. The molecule has 0 saturated carbocycles. The van der Waals surface area contributed by atoms with E-state index >= 15 is 0 Å². The largest absolute Gasteiger partial charge is 0.497 e. The Balaban J connectivity index is 1.72. The Kier molecular flexibility index (Phi) is 3.67. The van der Waals surface area contributed by atoms with Gasteiger partial charge in [-0.1, -0.05) is 5.57 Å². The molecule has 0 bridgehead atoms. The lowest BCUT2D eigenvalue weighted by molar-refractivity contribution is -0.540. The lowest BCUT2D eigenvalue weighted by atomic mass is 9.89. The minimum absolute atomic E-state index is 0.934. The molecule has 2 heteroatoms. The van der Waals surface area contributed by atoms with Gasteiger partial charge in [-0.3, -0.25) is 0 Å². The lowest BCUT2D eigenvalue weighted by Gasteiger charge is -2.20. The predicted molar refractivity (Wildman–Crippen MR) is 78.0 cm³/mol. The highest BCUT2D eigenvalue weighted by Crippen LogP contribution is 2.28. The van der Waals surface area contributed by atoms with Gasteiger partial charge in [-0.25, -0.2) is 4.58 Å². The molecule has 0 amide bonds. The van der Waals surface area contributed by atoms with E-state index in [4.69, 9.17) is 4.74 Å². The molecule has 0 aromatic heterocycles. The molecule has 0 saturated heterocycles. The summed E-state index contributed by atoms with van der Waals surface area (Å²) in [6.07, 6.45) is 9.05. The average molecular weight is 256 g/mol. The topological polar surface area (TPSA) is 12.2 Å². The summed E-state index contributed by atoms with van der Waals surface area (Å²) in [6.45, 7) is 2.19. The van der Waals surface area contributed by atoms with Crippen molar-refractivity contribution in [2.45, 2.75) is 38.6 Å². The normalized spacial score (nSPS) is 18.9. The Morgan fingerprint density at radius 1 is 1.05 bits per heavy atom. The summed E-state index contributed by atoms with van der Waals surface area (Å²) >= 11 is 0. The van der Waals surface area contributed by atoms with Gasteiger partial charge in [-0.2, -0.15) is 0 Å². The molecule has 0 N–H and O–H groups in total. The third-order valence-corrected chi connectivity index (χ3v) is 4.21. The highest BCUT2D eigenvalue weighted by molar-refractivity contribution is 5.76. The summed E-state index contributed by atoms with van der Waals surface area (Å²) in [4.78, 5) is 0. The molecule has 1 heterocycles. The van der Waals surface area contributed by atoms with Crippen molar-refractivity contribution in [2.24, 2.45) is 0 Å². The van der Waals surface area contributed by atoms with Gasteiger partial charge in [0.15, 0.2) is 12.8 Å². The molecule has 1 aromatic rings. The van der Waals surface area contributed by atoms with Crippen LogP contribution in [0.15, 0.2) is 35.4 Å². The molecule has 3 rings (SSSR count). The molecule has 0 fully saturated rings. The van der Waals surface area contributed by atoms with Crippen LogP contribution in [0, 0.1) is 0 Å². The maximum absolute atomic E-state index is 5.20. The van der Waals surface area contributed by atoms with Crippen LogP contribution in [0.2, 0.25) is 0 Å². The first-order valence-electron chi connectivity index (χ1n) is 7.28. The number of methoxy groups -OCH3 is 1. The third kappa shape index (κ3) is 2.89. The number of hydrogen-bond donors (Lipinski definition) is 0. The van der Waals surface area contributed by atoms with Crippen LogP contribution in [-0.2, 0) is 6.54 Å². The van der Waals surface area contributed by atoms with Crippen LogP contribution in [0.5, 0.6) is 5.75 Å². The number of hydrogen-bond acceptors (Lipinski definition) is 1. The minimum Gasteiger partial charge on any atom is -0.497 e. The zero-order valence-corrected chi connectivity index (χ0v) is 11.7. The number of benzene rings is 1. The summed E-state index contributed by atoms with van der Waals surface area (Å²) < 4.78 is 7.67. The van der Waals surface area contributed by atoms with E-state index in [0.717, 1.165) is 12.3 Å². The number of nitrogens with zero attached hydrogens (tertiary/aromatic N) is 1. The van der Waals surface area contributed by atoms with Crippen LogP contribution in [0.4, 0.5) is 0 Å². The van der Waals surface area contributed by atoms with E-state index in [2.05, 4.69) is 22.9 Å². The fourth-order valence-electron chi connectivity index (χ4n) is 3.09. The molecule has 1 aliphatic carbocycles. The standard InChI is InChI=1S/C17H22NO/c1-19-17-8-6-14(7-9-17)12-18-11-10-15-4-2-3-5-16(15)13-18/h6-9,13H,2-5,10-12H2,1H3/q+1. The molecular formula is C17H22NO+. The van der Waals surface area contributed by atoms with Gasteiger partial charge in [0.05, 0.1) is 7.11 Å². The van der Waals surface area contributed by atoms with E-state index in [1.807, 2.05) is 12.1 Å². The van der Waals surface area contributed by atoms with Crippen LogP contribution < -0.4 is 4.74 Å². The second-order valence-corrected chi connectivity index (χ2v) is 5.53. The van der Waals surface area contributed by atoms with Gasteiger partial charge < -0.3 is 4.74 Å². The van der Waals surface area contributed by atoms with Crippen LogP contribution in [0.25, 0.3) is 0 Å². The molecule has 19 heavy (non-hydrogen) atoms. The number of allylic oxidation sites excluding steroid dienone is 1. The Morgan fingerprint density at radius 3 is 2.63 bits per heavy atom. The van der Waals surface area contributed by atoms with Gasteiger partial charge in [0, 0.05) is 17.6 Å². The summed E-state index contributed by atoms with van der Waals surface area (Å²) in [5, 5.41) is 0. The van der Waals surface area contributed by atoms with Crippen LogP contribution in [0.3, 0.4) is 0 Å². The second kappa shape index (κ2) is 5.60. The van der Waals surface area contributed by atoms with Crippen molar-refractivity contribution in [3.8, 4) is 5.75 Å². The SMILES string of the molecule is COc1ccc(C[N+]2=CC3=C(CCCC3)CC2)cc1. The first-order valence-corrected chi connectivity index (χ1v) is 7.28. The zero-order chi connectivity index (χ0) is 13.1. The summed E-state index contributed by atoms with van der Waals surface area (Å²) in [6, 6.07) is 8.42. The van der Waals surface area contributed by atoms with E-state index in [0.29, 0.717) is 0 Å². The van der Waals surface area contributed by atoms with Gasteiger partial charge in [0.2, 0.25) is 0 Å². The predicted octanol–water partition coefficient (Wildman–Crippen LogP) is 3.55. The van der Waals surface area contributed by atoms with Crippen molar-refractivity contribution in [1.29, 1.82) is 0 Å². The monoisotopic (exact) mass is 256 g/mol. The molecule has 0 atom stereocenters. The molecule has 0 radical (unpaired) electrons. The van der Waals surface area contributed by atoms with Crippen molar-refractivity contribution in [3.05, 3.63) is 41.0 Å². The van der Waals surface area contributed by atoms with Gasteiger partial charge >= 0.3 is 0 Å². The van der Waals surface area contributed by atoms with Crippen molar-refractivity contribution in [1.82, 2.24) is 0 Å². The van der Waals surface area contributed by atoms with Crippen LogP contribution in [0.1, 0.15) is 37.7 Å². The quantitative estimate of drug-likeness (QED) is 0.753. The van der Waals surface area contributed by atoms with E-state index in [-0.39, 0.29) is 0 Å². The van der Waals surface area contributed by atoms with Gasteiger partial charge in [0.1, 0.15) is 12.3 Å². The maximum Gasteiger partial charge on any atom is 0.168 e. The summed E-state index contributed by atoms with van der Waals surface area (Å²) in [5.74, 6) is 0.934. The minimum atomic E-state index is 0.934. The van der Waals surface area contributed by atoms with Crippen molar-refractivity contribution in [3.63, 3.8) is 0 Å². The van der Waals surface area contributed by atoms with Crippen molar-refractivity contribution >= 4 is 6.21 Å². The molecule has 1 aromatic carbocycles. The van der Waals surface area contributed by atoms with Gasteiger partial charge in [-0.05, 0) is 49.9 Å². The molecule has 0 spiro atoms. The van der Waals surface area contributed by atoms with Crippen LogP contribution >= 0.6 is 0 Å².